The molecule has 128 valence electrons. The number of halogens is 1. The number of aromatic nitrogens is 1. The van der Waals surface area contributed by atoms with Gasteiger partial charge >= 0.3 is 0 Å². The zero-order valence-electron chi connectivity index (χ0n) is 13.6. The maximum Gasteiger partial charge on any atom is 0.296 e. The van der Waals surface area contributed by atoms with Crippen molar-refractivity contribution in [3.05, 3.63) is 53.2 Å². The maximum atomic E-state index is 12.6. The average molecular weight is 359 g/mol. The van der Waals surface area contributed by atoms with Crippen LogP contribution in [-0.2, 0) is 4.79 Å². The molecule has 7 heteroatoms. The summed E-state index contributed by atoms with van der Waals surface area (Å²) in [6.07, 6.45) is 1.50. The Morgan fingerprint density at radius 2 is 1.88 bits per heavy atom. The Hall–Kier alpha value is -2.99. The lowest BCUT2D eigenvalue weighted by Gasteiger charge is -2.10. The van der Waals surface area contributed by atoms with Gasteiger partial charge in [-0.25, -0.2) is 0 Å². The number of carbonyl (C=O) groups excluding carboxylic acids is 2. The van der Waals surface area contributed by atoms with Crippen molar-refractivity contribution in [1.29, 1.82) is 0 Å². The van der Waals surface area contributed by atoms with Crippen molar-refractivity contribution in [2.75, 3.05) is 19.5 Å². The van der Waals surface area contributed by atoms with Gasteiger partial charge < -0.3 is 19.8 Å². The van der Waals surface area contributed by atoms with Gasteiger partial charge in [0.25, 0.3) is 11.7 Å². The van der Waals surface area contributed by atoms with Gasteiger partial charge in [-0.05, 0) is 36.4 Å². The van der Waals surface area contributed by atoms with E-state index in [4.69, 9.17) is 21.1 Å². The number of amides is 1. The molecule has 0 saturated heterocycles. The number of fused-ring (bicyclic) bond motifs is 1. The number of anilines is 1. The molecule has 6 nitrogen and oxygen atoms in total. The maximum absolute atomic E-state index is 12.6. The van der Waals surface area contributed by atoms with Gasteiger partial charge in [0, 0.05) is 22.1 Å². The molecule has 0 fully saturated rings. The van der Waals surface area contributed by atoms with Crippen molar-refractivity contribution in [1.82, 2.24) is 4.98 Å². The lowest BCUT2D eigenvalue weighted by molar-refractivity contribution is -0.112. The van der Waals surface area contributed by atoms with Crippen LogP contribution in [0.25, 0.3) is 10.9 Å². The Morgan fingerprint density at radius 3 is 2.60 bits per heavy atom. The lowest BCUT2D eigenvalue weighted by Crippen LogP contribution is -2.23. The summed E-state index contributed by atoms with van der Waals surface area (Å²) in [6, 6.07) is 10.0. The molecule has 0 aliphatic carbocycles. The summed E-state index contributed by atoms with van der Waals surface area (Å²) < 4.78 is 10.3. The number of rotatable bonds is 5. The van der Waals surface area contributed by atoms with Crippen molar-refractivity contribution in [2.24, 2.45) is 0 Å². The van der Waals surface area contributed by atoms with Crippen LogP contribution >= 0.6 is 11.6 Å². The average Bonchev–Trinajstić information content (AvgIpc) is 3.04. The van der Waals surface area contributed by atoms with Crippen LogP contribution in [0.4, 0.5) is 5.69 Å². The fourth-order valence-corrected chi connectivity index (χ4v) is 2.67. The molecule has 0 spiro atoms. The van der Waals surface area contributed by atoms with Crippen LogP contribution in [0.1, 0.15) is 10.4 Å². The highest BCUT2D eigenvalue weighted by Crippen LogP contribution is 2.28. The van der Waals surface area contributed by atoms with Crippen LogP contribution in [0.3, 0.4) is 0 Å². The molecular weight excluding hydrogens is 344 g/mol. The largest absolute Gasteiger partial charge is 0.497 e. The number of ketones is 1. The summed E-state index contributed by atoms with van der Waals surface area (Å²) in [5, 5.41) is 3.57. The Kier molecular flexibility index (Phi) is 4.63. The van der Waals surface area contributed by atoms with Crippen LogP contribution in [0.2, 0.25) is 5.02 Å². The molecule has 2 aromatic carbocycles. The van der Waals surface area contributed by atoms with Crippen LogP contribution in [0, 0.1) is 0 Å². The van der Waals surface area contributed by atoms with Crippen LogP contribution in [0.5, 0.6) is 11.5 Å². The van der Waals surface area contributed by atoms with Gasteiger partial charge in [-0.3, -0.25) is 9.59 Å². The fourth-order valence-electron chi connectivity index (χ4n) is 2.49. The number of Topliss-reactive ketones (excluding diaryl/α,β-unsaturated/α-hetero) is 1. The van der Waals surface area contributed by atoms with Crippen molar-refractivity contribution in [3.8, 4) is 11.5 Å². The standard InChI is InChI=1S/C18H15ClN2O4/c1-24-11-4-5-14-12(8-11)13(9-20-14)17(22)18(23)21-15-7-10(19)3-6-16(15)25-2/h3-9,20H,1-2H3,(H,21,23). The molecule has 0 aliphatic heterocycles. The van der Waals surface area contributed by atoms with Gasteiger partial charge in [-0.15, -0.1) is 0 Å². The van der Waals surface area contributed by atoms with Gasteiger partial charge in [-0.2, -0.15) is 0 Å². The Bertz CT molecular complexity index is 965. The number of benzene rings is 2. The molecular formula is C18H15ClN2O4. The number of nitrogens with one attached hydrogen (secondary N) is 2. The van der Waals surface area contributed by atoms with Crippen LogP contribution in [0.15, 0.2) is 42.6 Å². The summed E-state index contributed by atoms with van der Waals surface area (Å²) in [7, 11) is 3.00. The molecule has 2 N–H and O–H groups in total. The lowest BCUT2D eigenvalue weighted by atomic mass is 10.1. The molecule has 0 saturated carbocycles. The number of methoxy groups -OCH3 is 2. The van der Waals surface area contributed by atoms with Crippen molar-refractivity contribution >= 4 is 39.9 Å². The van der Waals surface area contributed by atoms with E-state index in [1.54, 1.807) is 30.3 Å². The summed E-state index contributed by atoms with van der Waals surface area (Å²) in [5.41, 5.74) is 1.32. The number of ether oxygens (including phenoxy) is 2. The second kappa shape index (κ2) is 6.86. The minimum Gasteiger partial charge on any atom is -0.497 e. The van der Waals surface area contributed by atoms with E-state index in [1.165, 1.54) is 26.5 Å². The minimum atomic E-state index is -0.788. The first-order chi connectivity index (χ1) is 12.0. The second-order valence-corrected chi connectivity index (χ2v) is 5.68. The quantitative estimate of drug-likeness (QED) is 0.538. The monoisotopic (exact) mass is 358 g/mol. The molecule has 1 heterocycles. The van der Waals surface area contributed by atoms with E-state index < -0.39 is 11.7 Å². The van der Waals surface area contributed by atoms with Gasteiger partial charge in [0.1, 0.15) is 11.5 Å². The summed E-state index contributed by atoms with van der Waals surface area (Å²) in [5.74, 6) is -0.463. The number of carbonyl (C=O) groups is 2. The van der Waals surface area contributed by atoms with Crippen LogP contribution in [-0.4, -0.2) is 30.9 Å². The van der Waals surface area contributed by atoms with E-state index in [2.05, 4.69) is 10.3 Å². The molecule has 0 aliphatic rings. The highest BCUT2D eigenvalue weighted by molar-refractivity contribution is 6.48. The zero-order chi connectivity index (χ0) is 18.0. The Labute approximate surface area is 148 Å². The van der Waals surface area contributed by atoms with E-state index in [0.29, 0.717) is 27.6 Å². The Morgan fingerprint density at radius 1 is 1.08 bits per heavy atom. The predicted molar refractivity (Wildman–Crippen MR) is 95.8 cm³/mol. The Balaban J connectivity index is 1.91. The smallest absolute Gasteiger partial charge is 0.296 e. The minimum absolute atomic E-state index is 0.257. The van der Waals surface area contributed by atoms with Gasteiger partial charge in [0.15, 0.2) is 0 Å². The number of aromatic amines is 1. The highest BCUT2D eigenvalue weighted by Gasteiger charge is 2.21. The first-order valence-corrected chi connectivity index (χ1v) is 7.75. The van der Waals surface area contributed by atoms with Gasteiger partial charge in [-0.1, -0.05) is 11.6 Å². The topological polar surface area (TPSA) is 80.4 Å². The molecule has 25 heavy (non-hydrogen) atoms. The SMILES string of the molecule is COc1ccc2[nH]cc(C(=O)C(=O)Nc3cc(Cl)ccc3OC)c2c1. The zero-order valence-corrected chi connectivity index (χ0v) is 14.3. The van der Waals surface area contributed by atoms with E-state index in [0.717, 1.165) is 5.52 Å². The normalized spacial score (nSPS) is 10.5. The molecule has 3 aromatic rings. The van der Waals surface area contributed by atoms with E-state index >= 15 is 0 Å². The molecule has 0 bridgehead atoms. The summed E-state index contributed by atoms with van der Waals surface area (Å²) in [6.45, 7) is 0. The molecule has 1 amide bonds. The third-order valence-electron chi connectivity index (χ3n) is 3.75. The van der Waals surface area contributed by atoms with Crippen molar-refractivity contribution in [3.63, 3.8) is 0 Å². The fraction of sp³-hybridized carbons (Fsp3) is 0.111. The van der Waals surface area contributed by atoms with Gasteiger partial charge in [0.05, 0.1) is 25.5 Å². The van der Waals surface area contributed by atoms with Gasteiger partial charge in [0.2, 0.25) is 0 Å². The first-order valence-electron chi connectivity index (χ1n) is 7.38. The van der Waals surface area contributed by atoms with Crippen LogP contribution < -0.4 is 14.8 Å². The van der Waals surface area contributed by atoms with Crippen molar-refractivity contribution < 1.29 is 19.1 Å². The summed E-state index contributed by atoms with van der Waals surface area (Å²) in [4.78, 5) is 27.9. The van der Waals surface area contributed by atoms with E-state index in [1.807, 2.05) is 0 Å². The first kappa shape index (κ1) is 16.9. The molecule has 1 aromatic heterocycles. The molecule has 0 atom stereocenters. The molecule has 3 rings (SSSR count). The third kappa shape index (κ3) is 3.29. The molecule has 0 radical (unpaired) electrons. The number of H-pyrrole nitrogens is 1. The number of hydrogen-bond acceptors (Lipinski definition) is 4. The highest BCUT2D eigenvalue weighted by atomic mass is 35.5. The van der Waals surface area contributed by atoms with E-state index in [9.17, 15) is 9.59 Å². The van der Waals surface area contributed by atoms with E-state index in [-0.39, 0.29) is 5.56 Å². The second-order valence-electron chi connectivity index (χ2n) is 5.24. The third-order valence-corrected chi connectivity index (χ3v) is 3.98. The number of hydrogen-bond donors (Lipinski definition) is 2. The van der Waals surface area contributed by atoms with Crippen molar-refractivity contribution in [2.45, 2.75) is 0 Å². The predicted octanol–water partition coefficient (Wildman–Crippen LogP) is 3.66. The molecule has 0 unspecified atom stereocenters. The summed E-state index contributed by atoms with van der Waals surface area (Å²) >= 11 is 5.94.